The summed E-state index contributed by atoms with van der Waals surface area (Å²) in [5, 5.41) is 0. The predicted octanol–water partition coefficient (Wildman–Crippen LogP) is 3.09. The summed E-state index contributed by atoms with van der Waals surface area (Å²) < 4.78 is 28.7. The summed E-state index contributed by atoms with van der Waals surface area (Å²) in [5.41, 5.74) is 2.36. The van der Waals surface area contributed by atoms with Gasteiger partial charge in [-0.2, -0.15) is 0 Å². The molecule has 3 aliphatic rings. The number of benzene rings is 2. The van der Waals surface area contributed by atoms with Crippen LogP contribution in [0.1, 0.15) is 24.8 Å². The first-order valence-corrected chi connectivity index (χ1v) is 10.4. The Balaban J connectivity index is 1.71. The van der Waals surface area contributed by atoms with E-state index in [1.54, 1.807) is 16.4 Å². The second kappa shape index (κ2) is 5.33. The van der Waals surface area contributed by atoms with Crippen LogP contribution >= 0.6 is 0 Å². The molecule has 5 rings (SSSR count). The van der Waals surface area contributed by atoms with Gasteiger partial charge in [-0.15, -0.1) is 0 Å². The van der Waals surface area contributed by atoms with Crippen molar-refractivity contribution in [1.82, 2.24) is 0 Å². The summed E-state index contributed by atoms with van der Waals surface area (Å²) >= 11 is 0. The minimum atomic E-state index is -3.69. The minimum Gasteiger partial charge on any atom is -0.305 e. The number of hydrogen-bond acceptors (Lipinski definition) is 3. The third-order valence-corrected chi connectivity index (χ3v) is 7.83. The summed E-state index contributed by atoms with van der Waals surface area (Å²) in [4.78, 5) is 14.7. The van der Waals surface area contributed by atoms with Gasteiger partial charge < -0.3 is 4.90 Å². The SMILES string of the molecule is Cc1ccc(S(=O)(=O)N2c3ccccc3N3C(=O)C[C@H]4CC[C@@H]2[C@H]43)cc1. The van der Waals surface area contributed by atoms with E-state index < -0.39 is 10.0 Å². The van der Waals surface area contributed by atoms with E-state index in [2.05, 4.69) is 0 Å². The number of rotatable bonds is 2. The number of amides is 1. The van der Waals surface area contributed by atoms with Crippen LogP contribution in [-0.4, -0.2) is 26.4 Å². The number of carbonyl (C=O) groups is 1. The standard InChI is InChI=1S/C20H20N2O3S/c1-13-6-9-15(10-7-13)26(24,25)22-17-5-3-2-4-16(17)21-19(23)12-14-8-11-18(22)20(14)21/h2-7,9-10,14,18,20H,8,11-12H2,1H3/t14-,18-,20+/m1/s1. The molecule has 1 saturated carbocycles. The summed E-state index contributed by atoms with van der Waals surface area (Å²) in [5.74, 6) is 0.362. The van der Waals surface area contributed by atoms with Gasteiger partial charge >= 0.3 is 0 Å². The molecule has 5 nitrogen and oxygen atoms in total. The van der Waals surface area contributed by atoms with Gasteiger partial charge in [0.25, 0.3) is 10.0 Å². The van der Waals surface area contributed by atoms with Crippen molar-refractivity contribution in [3.05, 3.63) is 54.1 Å². The third-order valence-electron chi connectivity index (χ3n) is 5.97. The molecule has 0 bridgehead atoms. The molecule has 0 unspecified atom stereocenters. The van der Waals surface area contributed by atoms with Crippen molar-refractivity contribution in [2.75, 3.05) is 9.21 Å². The van der Waals surface area contributed by atoms with E-state index in [9.17, 15) is 13.2 Å². The van der Waals surface area contributed by atoms with Crippen molar-refractivity contribution < 1.29 is 13.2 Å². The molecule has 2 aromatic carbocycles. The van der Waals surface area contributed by atoms with Gasteiger partial charge in [0.2, 0.25) is 5.91 Å². The maximum Gasteiger partial charge on any atom is 0.264 e. The third kappa shape index (κ3) is 2.02. The Morgan fingerprint density at radius 1 is 0.962 bits per heavy atom. The number of fused-ring (bicyclic) bond motifs is 2. The van der Waals surface area contributed by atoms with Gasteiger partial charge in [0.1, 0.15) is 0 Å². The number of carbonyl (C=O) groups excluding carboxylic acids is 1. The van der Waals surface area contributed by atoms with E-state index in [4.69, 9.17) is 0 Å². The second-order valence-electron chi connectivity index (χ2n) is 7.47. The lowest BCUT2D eigenvalue weighted by molar-refractivity contribution is -0.117. The Hall–Kier alpha value is -2.34. The largest absolute Gasteiger partial charge is 0.305 e. The zero-order chi connectivity index (χ0) is 18.1. The van der Waals surface area contributed by atoms with Crippen LogP contribution in [0, 0.1) is 12.8 Å². The normalized spacial score (nSPS) is 26.8. The summed E-state index contributed by atoms with van der Waals surface area (Å²) in [6, 6.07) is 14.1. The van der Waals surface area contributed by atoms with Gasteiger partial charge in [-0.3, -0.25) is 9.10 Å². The molecule has 2 fully saturated rings. The Morgan fingerprint density at radius 2 is 1.65 bits per heavy atom. The molecule has 1 saturated heterocycles. The molecule has 26 heavy (non-hydrogen) atoms. The lowest BCUT2D eigenvalue weighted by Crippen LogP contribution is -2.55. The van der Waals surface area contributed by atoms with Crippen LogP contribution in [0.3, 0.4) is 0 Å². The van der Waals surface area contributed by atoms with Gasteiger partial charge in [0, 0.05) is 6.42 Å². The van der Waals surface area contributed by atoms with E-state index in [1.807, 2.05) is 48.2 Å². The van der Waals surface area contributed by atoms with Crippen LogP contribution in [0.4, 0.5) is 11.4 Å². The zero-order valence-corrected chi connectivity index (χ0v) is 15.3. The summed E-state index contributed by atoms with van der Waals surface area (Å²) in [6.07, 6.45) is 2.21. The molecular formula is C20H20N2O3S. The average molecular weight is 368 g/mol. The highest BCUT2D eigenvalue weighted by molar-refractivity contribution is 7.92. The minimum absolute atomic E-state index is 0.0439. The van der Waals surface area contributed by atoms with Crippen molar-refractivity contribution in [2.24, 2.45) is 5.92 Å². The molecule has 2 aromatic rings. The fraction of sp³-hybridized carbons (Fsp3) is 0.350. The molecule has 0 spiro atoms. The average Bonchev–Trinajstić information content (AvgIpc) is 3.17. The zero-order valence-electron chi connectivity index (χ0n) is 14.5. The highest BCUT2D eigenvalue weighted by atomic mass is 32.2. The molecule has 1 aliphatic carbocycles. The topological polar surface area (TPSA) is 57.7 Å². The van der Waals surface area contributed by atoms with Crippen molar-refractivity contribution >= 4 is 27.3 Å². The highest BCUT2D eigenvalue weighted by Crippen LogP contribution is 2.52. The molecule has 1 amide bonds. The van der Waals surface area contributed by atoms with E-state index in [0.29, 0.717) is 17.0 Å². The van der Waals surface area contributed by atoms with Gasteiger partial charge in [0.05, 0.1) is 28.4 Å². The van der Waals surface area contributed by atoms with Crippen LogP contribution in [0.2, 0.25) is 0 Å². The van der Waals surface area contributed by atoms with Gasteiger partial charge in [-0.1, -0.05) is 29.8 Å². The van der Waals surface area contributed by atoms with E-state index in [0.717, 1.165) is 24.1 Å². The first-order valence-electron chi connectivity index (χ1n) is 9.01. The summed E-state index contributed by atoms with van der Waals surface area (Å²) in [6.45, 7) is 1.94. The van der Waals surface area contributed by atoms with Crippen molar-refractivity contribution in [3.63, 3.8) is 0 Å². The van der Waals surface area contributed by atoms with Crippen LogP contribution in [-0.2, 0) is 14.8 Å². The Bertz CT molecular complexity index is 1000. The molecule has 6 heteroatoms. The maximum atomic E-state index is 13.5. The van der Waals surface area contributed by atoms with Gasteiger partial charge in [-0.25, -0.2) is 8.42 Å². The first-order chi connectivity index (χ1) is 12.5. The molecule has 2 heterocycles. The number of hydrogen-bond donors (Lipinski definition) is 0. The lowest BCUT2D eigenvalue weighted by Gasteiger charge is -2.44. The Kier molecular flexibility index (Phi) is 3.26. The molecule has 3 atom stereocenters. The van der Waals surface area contributed by atoms with Gasteiger partial charge in [-0.05, 0) is 49.9 Å². The molecular weight excluding hydrogens is 348 g/mol. The molecule has 0 aromatic heterocycles. The van der Waals surface area contributed by atoms with Crippen LogP contribution in [0.25, 0.3) is 0 Å². The van der Waals surface area contributed by atoms with E-state index >= 15 is 0 Å². The quantitative estimate of drug-likeness (QED) is 0.818. The second-order valence-corrected chi connectivity index (χ2v) is 9.28. The number of sulfonamides is 1. The van der Waals surface area contributed by atoms with E-state index in [1.165, 1.54) is 0 Å². The van der Waals surface area contributed by atoms with Gasteiger partial charge in [0.15, 0.2) is 0 Å². The van der Waals surface area contributed by atoms with Crippen LogP contribution in [0.5, 0.6) is 0 Å². The summed E-state index contributed by atoms with van der Waals surface area (Å²) in [7, 11) is -3.69. The molecule has 2 aliphatic heterocycles. The molecule has 0 radical (unpaired) electrons. The Morgan fingerprint density at radius 3 is 2.38 bits per heavy atom. The molecule has 134 valence electrons. The van der Waals surface area contributed by atoms with E-state index in [-0.39, 0.29) is 23.9 Å². The monoisotopic (exact) mass is 368 g/mol. The molecule has 0 N–H and O–H groups in total. The van der Waals surface area contributed by atoms with Crippen LogP contribution < -0.4 is 9.21 Å². The van der Waals surface area contributed by atoms with Crippen molar-refractivity contribution in [1.29, 1.82) is 0 Å². The van der Waals surface area contributed by atoms with Crippen molar-refractivity contribution in [3.8, 4) is 0 Å². The fourth-order valence-electron chi connectivity index (χ4n) is 4.85. The smallest absolute Gasteiger partial charge is 0.264 e. The first kappa shape index (κ1) is 15.9. The number of anilines is 2. The fourth-order valence-corrected chi connectivity index (χ4v) is 6.56. The van der Waals surface area contributed by atoms with Crippen LogP contribution in [0.15, 0.2) is 53.4 Å². The predicted molar refractivity (Wildman–Crippen MR) is 99.7 cm³/mol. The lowest BCUT2D eigenvalue weighted by atomic mass is 10.0. The number of aryl methyl sites for hydroxylation is 1. The highest BCUT2D eigenvalue weighted by Gasteiger charge is 2.56. The number of para-hydroxylation sites is 2. The number of nitrogens with zero attached hydrogens (tertiary/aromatic N) is 2. The maximum absolute atomic E-state index is 13.5. The Labute approximate surface area is 153 Å². The van der Waals surface area contributed by atoms with Crippen molar-refractivity contribution in [2.45, 2.75) is 43.2 Å².